The molecular weight excluding hydrogens is 244 g/mol. The summed E-state index contributed by atoms with van der Waals surface area (Å²) in [6.45, 7) is 1.36. The summed E-state index contributed by atoms with van der Waals surface area (Å²) in [5.41, 5.74) is -0.712. The number of nitrogens with zero attached hydrogens (tertiary/aromatic N) is 2. The van der Waals surface area contributed by atoms with Crippen molar-refractivity contribution in [3.05, 3.63) is 32.6 Å². The van der Waals surface area contributed by atoms with E-state index in [1.807, 2.05) is 0 Å². The maximum Gasteiger partial charge on any atom is 0.330 e. The van der Waals surface area contributed by atoms with Crippen LogP contribution in [0.4, 0.5) is 0 Å². The first kappa shape index (κ1) is 13.8. The van der Waals surface area contributed by atoms with Gasteiger partial charge in [-0.3, -0.25) is 18.7 Å². The monoisotopic (exact) mass is 264 g/mol. The molecule has 0 aromatic carbocycles. The van der Waals surface area contributed by atoms with Crippen LogP contribution in [0.5, 0.6) is 0 Å². The number of hydrogen-bond donors (Lipinski definition) is 0. The number of Topliss-reactive ketones (excluding diaryl/α,β-unsaturated/α-hetero) is 1. The highest BCUT2D eigenvalue weighted by molar-refractivity contribution is 5.93. The highest BCUT2D eigenvalue weighted by Crippen LogP contribution is 2.25. The average molecular weight is 264 g/mol. The standard InChI is InChI=1S/C14H20N2O3/c1-10(17)12-9-16(14(19)15(2)13(12)18)11-7-5-3-4-6-8-11/h9,11H,3-8H2,1-2H3. The smallest absolute Gasteiger partial charge is 0.297 e. The van der Waals surface area contributed by atoms with Crippen LogP contribution < -0.4 is 11.2 Å². The zero-order valence-electron chi connectivity index (χ0n) is 11.5. The Hall–Kier alpha value is -1.65. The lowest BCUT2D eigenvalue weighted by Crippen LogP contribution is -2.41. The van der Waals surface area contributed by atoms with Crippen molar-refractivity contribution in [1.29, 1.82) is 0 Å². The van der Waals surface area contributed by atoms with Crippen LogP contribution in [0.3, 0.4) is 0 Å². The Morgan fingerprint density at radius 3 is 2.26 bits per heavy atom. The van der Waals surface area contributed by atoms with E-state index in [-0.39, 0.29) is 23.1 Å². The maximum absolute atomic E-state index is 12.2. The fourth-order valence-electron chi connectivity index (χ4n) is 2.73. The lowest BCUT2D eigenvalue weighted by Gasteiger charge is -2.19. The summed E-state index contributed by atoms with van der Waals surface area (Å²) in [5, 5.41) is 0. The molecule has 1 heterocycles. The molecule has 0 aliphatic heterocycles. The first-order chi connectivity index (χ1) is 9.02. The van der Waals surface area contributed by atoms with Gasteiger partial charge in [0.15, 0.2) is 5.78 Å². The Morgan fingerprint density at radius 2 is 1.74 bits per heavy atom. The maximum atomic E-state index is 12.2. The van der Waals surface area contributed by atoms with Crippen molar-refractivity contribution in [1.82, 2.24) is 9.13 Å². The van der Waals surface area contributed by atoms with Crippen molar-refractivity contribution in [3.8, 4) is 0 Å². The predicted molar refractivity (Wildman–Crippen MR) is 72.7 cm³/mol. The van der Waals surface area contributed by atoms with E-state index in [4.69, 9.17) is 0 Å². The molecule has 0 N–H and O–H groups in total. The second kappa shape index (κ2) is 5.55. The second-order valence-corrected chi connectivity index (χ2v) is 5.30. The Balaban J connectivity index is 2.53. The van der Waals surface area contributed by atoms with Gasteiger partial charge in [-0.1, -0.05) is 25.7 Å². The molecule has 5 nitrogen and oxygen atoms in total. The van der Waals surface area contributed by atoms with Crippen molar-refractivity contribution in [2.24, 2.45) is 7.05 Å². The molecule has 1 aliphatic rings. The molecule has 0 saturated heterocycles. The van der Waals surface area contributed by atoms with Gasteiger partial charge in [0.25, 0.3) is 5.56 Å². The van der Waals surface area contributed by atoms with Gasteiger partial charge in [-0.2, -0.15) is 0 Å². The van der Waals surface area contributed by atoms with E-state index in [0.29, 0.717) is 0 Å². The van der Waals surface area contributed by atoms with Gasteiger partial charge in [0.1, 0.15) is 0 Å². The third kappa shape index (κ3) is 2.69. The van der Waals surface area contributed by atoms with Gasteiger partial charge in [-0.25, -0.2) is 4.79 Å². The number of hydrogen-bond acceptors (Lipinski definition) is 3. The molecule has 0 unspecified atom stereocenters. The minimum Gasteiger partial charge on any atom is -0.297 e. The highest BCUT2D eigenvalue weighted by Gasteiger charge is 2.19. The number of ketones is 1. The number of carbonyl (C=O) groups is 1. The summed E-state index contributed by atoms with van der Waals surface area (Å²) in [4.78, 5) is 35.6. The summed E-state index contributed by atoms with van der Waals surface area (Å²) in [7, 11) is 1.43. The molecule has 0 amide bonds. The quantitative estimate of drug-likeness (QED) is 0.602. The molecule has 2 rings (SSSR count). The molecule has 19 heavy (non-hydrogen) atoms. The fraction of sp³-hybridized carbons (Fsp3) is 0.643. The van der Waals surface area contributed by atoms with Crippen LogP contribution in [0.2, 0.25) is 0 Å². The molecule has 0 spiro atoms. The van der Waals surface area contributed by atoms with Crippen molar-refractivity contribution in [3.63, 3.8) is 0 Å². The summed E-state index contributed by atoms with van der Waals surface area (Å²) in [5.74, 6) is -0.289. The molecule has 1 aromatic rings. The molecule has 1 fully saturated rings. The molecule has 0 bridgehead atoms. The third-order valence-corrected chi connectivity index (χ3v) is 3.91. The van der Waals surface area contributed by atoms with Gasteiger partial charge >= 0.3 is 5.69 Å². The zero-order valence-corrected chi connectivity index (χ0v) is 11.5. The Morgan fingerprint density at radius 1 is 1.16 bits per heavy atom. The third-order valence-electron chi connectivity index (χ3n) is 3.91. The van der Waals surface area contributed by atoms with Crippen LogP contribution in [0.1, 0.15) is 61.8 Å². The largest absolute Gasteiger partial charge is 0.330 e. The molecule has 0 atom stereocenters. The normalized spacial score (nSPS) is 17.2. The molecule has 1 aliphatic carbocycles. The van der Waals surface area contributed by atoms with E-state index >= 15 is 0 Å². The topological polar surface area (TPSA) is 61.1 Å². The van der Waals surface area contributed by atoms with E-state index in [2.05, 4.69) is 0 Å². The van der Waals surface area contributed by atoms with Crippen LogP contribution in [0.15, 0.2) is 15.8 Å². The van der Waals surface area contributed by atoms with Gasteiger partial charge in [0.2, 0.25) is 0 Å². The van der Waals surface area contributed by atoms with Crippen LogP contribution >= 0.6 is 0 Å². The van der Waals surface area contributed by atoms with Gasteiger partial charge in [-0.15, -0.1) is 0 Å². The fourth-order valence-corrected chi connectivity index (χ4v) is 2.73. The van der Waals surface area contributed by atoms with Gasteiger partial charge in [0, 0.05) is 19.3 Å². The van der Waals surface area contributed by atoms with E-state index in [0.717, 1.165) is 30.3 Å². The second-order valence-electron chi connectivity index (χ2n) is 5.30. The van der Waals surface area contributed by atoms with E-state index in [9.17, 15) is 14.4 Å². The van der Waals surface area contributed by atoms with E-state index in [1.165, 1.54) is 33.0 Å². The number of rotatable bonds is 2. The van der Waals surface area contributed by atoms with Gasteiger partial charge in [0.05, 0.1) is 5.56 Å². The summed E-state index contributed by atoms with van der Waals surface area (Å²) in [6.07, 6.45) is 7.91. The average Bonchev–Trinajstić information content (AvgIpc) is 2.65. The van der Waals surface area contributed by atoms with E-state index in [1.54, 1.807) is 4.57 Å². The van der Waals surface area contributed by atoms with Crippen LogP contribution in [0, 0.1) is 0 Å². The highest BCUT2D eigenvalue weighted by atomic mass is 16.2. The number of carbonyl (C=O) groups excluding carboxylic acids is 1. The van der Waals surface area contributed by atoms with Gasteiger partial charge in [-0.05, 0) is 19.8 Å². The lowest BCUT2D eigenvalue weighted by atomic mass is 10.1. The van der Waals surface area contributed by atoms with Crippen molar-refractivity contribution in [2.75, 3.05) is 0 Å². The predicted octanol–water partition coefficient (Wildman–Crippen LogP) is 1.64. The summed E-state index contributed by atoms with van der Waals surface area (Å²) >= 11 is 0. The molecular formula is C14H20N2O3. The molecule has 1 saturated carbocycles. The summed E-state index contributed by atoms with van der Waals surface area (Å²) in [6, 6.07) is 0.111. The van der Waals surface area contributed by atoms with E-state index < -0.39 is 5.56 Å². The minimum atomic E-state index is -0.498. The first-order valence-electron chi connectivity index (χ1n) is 6.85. The molecule has 1 aromatic heterocycles. The van der Waals surface area contributed by atoms with Crippen LogP contribution in [-0.2, 0) is 7.05 Å². The number of aromatic nitrogens is 2. The Bertz CT molecular complexity index is 590. The van der Waals surface area contributed by atoms with Crippen molar-refractivity contribution in [2.45, 2.75) is 51.5 Å². The molecule has 104 valence electrons. The van der Waals surface area contributed by atoms with Crippen molar-refractivity contribution >= 4 is 5.78 Å². The minimum absolute atomic E-state index is 0.103. The Kier molecular flexibility index (Phi) is 4.02. The summed E-state index contributed by atoms with van der Waals surface area (Å²) < 4.78 is 2.63. The van der Waals surface area contributed by atoms with Crippen LogP contribution in [0.25, 0.3) is 0 Å². The molecule has 5 heteroatoms. The van der Waals surface area contributed by atoms with Gasteiger partial charge < -0.3 is 0 Å². The van der Waals surface area contributed by atoms with Crippen molar-refractivity contribution < 1.29 is 4.79 Å². The first-order valence-corrected chi connectivity index (χ1v) is 6.85. The lowest BCUT2D eigenvalue weighted by molar-refractivity contribution is 0.101. The SMILES string of the molecule is CC(=O)c1cn(C2CCCCCC2)c(=O)n(C)c1=O. The Labute approximate surface area is 111 Å². The molecule has 0 radical (unpaired) electrons. The zero-order chi connectivity index (χ0) is 14.0. The van der Waals surface area contributed by atoms with Crippen LogP contribution in [-0.4, -0.2) is 14.9 Å².